The minimum absolute atomic E-state index is 0.00383. The van der Waals surface area contributed by atoms with Gasteiger partial charge in [0.05, 0.1) is 0 Å². The van der Waals surface area contributed by atoms with Crippen molar-refractivity contribution in [3.05, 3.63) is 34.9 Å². The molecule has 1 aromatic carbocycles. The molecule has 1 N–H and O–H groups in total. The number of carbonyl (C=O) groups excluding carboxylic acids is 2. The van der Waals surface area contributed by atoms with E-state index in [-0.39, 0.29) is 23.1 Å². The van der Waals surface area contributed by atoms with E-state index < -0.39 is 6.04 Å². The van der Waals surface area contributed by atoms with Gasteiger partial charge in [-0.15, -0.1) is 11.8 Å². The molecule has 1 aliphatic heterocycles. The van der Waals surface area contributed by atoms with Gasteiger partial charge in [-0.3, -0.25) is 9.59 Å². The summed E-state index contributed by atoms with van der Waals surface area (Å²) in [6, 6.07) is 7.42. The average Bonchev–Trinajstić information content (AvgIpc) is 3.22. The second-order valence-corrected chi connectivity index (χ2v) is 7.93. The van der Waals surface area contributed by atoms with Crippen LogP contribution >= 0.6 is 23.4 Å². The van der Waals surface area contributed by atoms with Gasteiger partial charge in [0.25, 0.3) is 0 Å². The first-order valence-electron chi connectivity index (χ1n) is 7.97. The molecule has 2 fully saturated rings. The number of hydrogen-bond donors (Lipinski definition) is 1. The summed E-state index contributed by atoms with van der Waals surface area (Å²) in [5.74, 6) is 0.404. The van der Waals surface area contributed by atoms with Crippen molar-refractivity contribution in [1.29, 1.82) is 0 Å². The Hall–Kier alpha value is -1.20. The molecule has 2 aliphatic rings. The molecule has 2 amide bonds. The molecule has 1 aliphatic carbocycles. The van der Waals surface area contributed by atoms with E-state index in [4.69, 9.17) is 11.6 Å². The highest BCUT2D eigenvalue weighted by atomic mass is 35.5. The third-order valence-corrected chi connectivity index (χ3v) is 5.80. The topological polar surface area (TPSA) is 49.4 Å². The molecular formula is C17H21ClN2O2S. The fraction of sp³-hybridized carbons (Fsp3) is 0.529. The lowest BCUT2D eigenvalue weighted by Crippen LogP contribution is -2.49. The zero-order valence-electron chi connectivity index (χ0n) is 13.3. The predicted molar refractivity (Wildman–Crippen MR) is 93.3 cm³/mol. The van der Waals surface area contributed by atoms with Gasteiger partial charge in [0, 0.05) is 28.3 Å². The Balaban J connectivity index is 1.88. The van der Waals surface area contributed by atoms with E-state index in [1.54, 1.807) is 16.7 Å². The molecule has 0 bridgehead atoms. The molecule has 0 aromatic heterocycles. The number of carbonyl (C=O) groups is 2. The molecule has 23 heavy (non-hydrogen) atoms. The van der Waals surface area contributed by atoms with E-state index >= 15 is 0 Å². The Labute approximate surface area is 145 Å². The van der Waals surface area contributed by atoms with Crippen molar-refractivity contribution in [2.45, 2.75) is 44.1 Å². The van der Waals surface area contributed by atoms with Crippen LogP contribution in [-0.2, 0) is 9.59 Å². The van der Waals surface area contributed by atoms with Gasteiger partial charge in [-0.2, -0.15) is 0 Å². The lowest BCUT2D eigenvalue weighted by molar-refractivity contribution is -0.142. The Morgan fingerprint density at radius 1 is 1.30 bits per heavy atom. The van der Waals surface area contributed by atoms with Crippen LogP contribution in [0.2, 0.25) is 5.02 Å². The maximum Gasteiger partial charge on any atom is 0.243 e. The van der Waals surface area contributed by atoms with Gasteiger partial charge in [0.15, 0.2) is 0 Å². The lowest BCUT2D eigenvalue weighted by Gasteiger charge is -2.31. The summed E-state index contributed by atoms with van der Waals surface area (Å²) in [6.45, 7) is 3.73. The van der Waals surface area contributed by atoms with Crippen LogP contribution in [0, 0.1) is 5.92 Å². The normalized spacial score (nSPS) is 24.1. The van der Waals surface area contributed by atoms with Crippen molar-refractivity contribution in [3.63, 3.8) is 0 Å². The third kappa shape index (κ3) is 3.50. The standard InChI is InChI=1S/C17H21ClN2O2S/c1-10(2)16(22)20-14(15(21)19-11-7-8-11)9-23-17(20)12-5-3-4-6-13(12)18/h3-6,10-11,14,17H,7-9H2,1-2H3,(H,19,21). The molecule has 124 valence electrons. The number of rotatable bonds is 4. The molecule has 6 heteroatoms. The molecular weight excluding hydrogens is 332 g/mol. The Morgan fingerprint density at radius 2 is 2.00 bits per heavy atom. The van der Waals surface area contributed by atoms with E-state index in [1.807, 2.05) is 38.1 Å². The van der Waals surface area contributed by atoms with Crippen molar-refractivity contribution < 1.29 is 9.59 Å². The molecule has 1 saturated carbocycles. The number of amides is 2. The second-order valence-electron chi connectivity index (χ2n) is 6.41. The van der Waals surface area contributed by atoms with Crippen molar-refractivity contribution in [1.82, 2.24) is 10.2 Å². The third-order valence-electron chi connectivity index (χ3n) is 4.15. The van der Waals surface area contributed by atoms with Crippen LogP contribution in [0.4, 0.5) is 0 Å². The van der Waals surface area contributed by atoms with Gasteiger partial charge in [-0.1, -0.05) is 43.6 Å². The fourth-order valence-electron chi connectivity index (χ4n) is 2.72. The largest absolute Gasteiger partial charge is 0.352 e. The summed E-state index contributed by atoms with van der Waals surface area (Å²) in [5, 5.41) is 3.46. The van der Waals surface area contributed by atoms with Crippen LogP contribution in [0.15, 0.2) is 24.3 Å². The van der Waals surface area contributed by atoms with Crippen LogP contribution < -0.4 is 5.32 Å². The zero-order valence-corrected chi connectivity index (χ0v) is 14.9. The van der Waals surface area contributed by atoms with E-state index in [0.29, 0.717) is 16.8 Å². The Morgan fingerprint density at radius 3 is 2.61 bits per heavy atom. The van der Waals surface area contributed by atoms with E-state index in [0.717, 1.165) is 18.4 Å². The highest BCUT2D eigenvalue weighted by Crippen LogP contribution is 2.44. The molecule has 1 aromatic rings. The summed E-state index contributed by atoms with van der Waals surface area (Å²) >= 11 is 7.93. The molecule has 2 unspecified atom stereocenters. The van der Waals surface area contributed by atoms with E-state index in [2.05, 4.69) is 5.32 Å². The molecule has 0 radical (unpaired) electrons. The van der Waals surface area contributed by atoms with Gasteiger partial charge in [-0.25, -0.2) is 0 Å². The monoisotopic (exact) mass is 352 g/mol. The van der Waals surface area contributed by atoms with Crippen LogP contribution in [0.1, 0.15) is 37.6 Å². The molecule has 2 atom stereocenters. The Bertz CT molecular complexity index is 618. The number of benzene rings is 1. The summed E-state index contributed by atoms with van der Waals surface area (Å²) in [7, 11) is 0. The summed E-state index contributed by atoms with van der Waals surface area (Å²) < 4.78 is 0. The smallest absolute Gasteiger partial charge is 0.243 e. The Kier molecular flexibility index (Phi) is 4.87. The predicted octanol–water partition coefficient (Wildman–Crippen LogP) is 3.22. The average molecular weight is 353 g/mol. The van der Waals surface area contributed by atoms with Crippen molar-refractivity contribution in [2.24, 2.45) is 5.92 Å². The number of nitrogens with zero attached hydrogens (tertiary/aromatic N) is 1. The minimum Gasteiger partial charge on any atom is -0.352 e. The van der Waals surface area contributed by atoms with Crippen LogP contribution in [0.25, 0.3) is 0 Å². The highest BCUT2D eigenvalue weighted by molar-refractivity contribution is 7.99. The molecule has 4 nitrogen and oxygen atoms in total. The first kappa shape index (κ1) is 16.7. The molecule has 0 spiro atoms. The molecule has 3 rings (SSSR count). The van der Waals surface area contributed by atoms with Crippen molar-refractivity contribution >= 4 is 35.2 Å². The SMILES string of the molecule is CC(C)C(=O)N1C(C(=O)NC2CC2)CSC1c1ccccc1Cl. The van der Waals surface area contributed by atoms with Gasteiger partial charge >= 0.3 is 0 Å². The molecule has 1 heterocycles. The summed E-state index contributed by atoms with van der Waals surface area (Å²) in [6.07, 6.45) is 2.08. The van der Waals surface area contributed by atoms with Crippen molar-refractivity contribution in [3.8, 4) is 0 Å². The van der Waals surface area contributed by atoms with Gasteiger partial charge in [0.1, 0.15) is 11.4 Å². The van der Waals surface area contributed by atoms with Gasteiger partial charge < -0.3 is 10.2 Å². The van der Waals surface area contributed by atoms with Gasteiger partial charge in [-0.05, 0) is 18.9 Å². The lowest BCUT2D eigenvalue weighted by atomic mass is 10.1. The maximum atomic E-state index is 12.7. The van der Waals surface area contributed by atoms with E-state index in [1.165, 1.54) is 0 Å². The maximum absolute atomic E-state index is 12.7. The number of thioether (sulfide) groups is 1. The zero-order chi connectivity index (χ0) is 16.6. The second kappa shape index (κ2) is 6.73. The molecule has 1 saturated heterocycles. The quantitative estimate of drug-likeness (QED) is 0.905. The van der Waals surface area contributed by atoms with Crippen LogP contribution in [0.5, 0.6) is 0 Å². The first-order valence-corrected chi connectivity index (χ1v) is 9.40. The van der Waals surface area contributed by atoms with E-state index in [9.17, 15) is 9.59 Å². The summed E-state index contributed by atoms with van der Waals surface area (Å²) in [5.41, 5.74) is 0.898. The fourth-order valence-corrected chi connectivity index (χ4v) is 4.49. The number of halogens is 1. The summed E-state index contributed by atoms with van der Waals surface area (Å²) in [4.78, 5) is 27.0. The highest BCUT2D eigenvalue weighted by Gasteiger charge is 2.44. The minimum atomic E-state index is -0.420. The number of hydrogen-bond acceptors (Lipinski definition) is 3. The first-order chi connectivity index (χ1) is 11.0. The van der Waals surface area contributed by atoms with Crippen LogP contribution in [-0.4, -0.2) is 34.6 Å². The van der Waals surface area contributed by atoms with Crippen molar-refractivity contribution in [2.75, 3.05) is 5.75 Å². The number of nitrogens with one attached hydrogen (secondary N) is 1. The van der Waals surface area contributed by atoms with Crippen LogP contribution in [0.3, 0.4) is 0 Å². The van der Waals surface area contributed by atoms with Gasteiger partial charge in [0.2, 0.25) is 11.8 Å².